The van der Waals surface area contributed by atoms with Crippen molar-refractivity contribution in [2.75, 3.05) is 32.6 Å². The van der Waals surface area contributed by atoms with E-state index in [1.807, 2.05) is 24.3 Å². The summed E-state index contributed by atoms with van der Waals surface area (Å²) in [4.78, 5) is 19.2. The first-order chi connectivity index (χ1) is 15.6. The zero-order valence-electron chi connectivity index (χ0n) is 18.2. The molecule has 0 aliphatic carbocycles. The van der Waals surface area contributed by atoms with Crippen LogP contribution in [-0.2, 0) is 13.1 Å². The topological polar surface area (TPSA) is 89.8 Å². The lowest BCUT2D eigenvalue weighted by atomic mass is 10.1. The molecule has 9 heteroatoms. The number of nitro benzene ring substituents is 1. The van der Waals surface area contributed by atoms with Crippen molar-refractivity contribution in [2.45, 2.75) is 25.9 Å². The Morgan fingerprint density at radius 3 is 2.62 bits per heavy atom. The van der Waals surface area contributed by atoms with Crippen LogP contribution in [0.15, 0.2) is 42.5 Å². The molecular weight excluding hydrogens is 428 g/mol. The maximum atomic E-state index is 11.3. The first kappa shape index (κ1) is 22.0. The third-order valence-corrected chi connectivity index (χ3v) is 6.48. The summed E-state index contributed by atoms with van der Waals surface area (Å²) in [5, 5.41) is 15.4. The molecule has 0 atom stereocenters. The standard InChI is InChI=1S/C23H26N4O4S/c1-30-19-9-8-16(12-20(19)31-2)14-24-23-25-22(17-6-5-7-18(13-17)27(28)29)21(32-23)15-26-10-3-4-11-26/h5-9,12-13H,3-4,10-11,14-15H2,1-2H3,(H,24,25). The van der Waals surface area contributed by atoms with E-state index in [0.717, 1.165) is 46.5 Å². The molecule has 8 nitrogen and oxygen atoms in total. The predicted octanol–water partition coefficient (Wildman–Crippen LogP) is 4.94. The summed E-state index contributed by atoms with van der Waals surface area (Å²) in [6, 6.07) is 12.5. The number of hydrogen-bond acceptors (Lipinski definition) is 8. The molecule has 1 N–H and O–H groups in total. The molecule has 1 aromatic heterocycles. The van der Waals surface area contributed by atoms with Crippen molar-refractivity contribution in [1.82, 2.24) is 9.88 Å². The van der Waals surface area contributed by atoms with Crippen molar-refractivity contribution < 1.29 is 14.4 Å². The van der Waals surface area contributed by atoms with Gasteiger partial charge in [-0.05, 0) is 43.6 Å². The Hall–Kier alpha value is -3.17. The number of benzene rings is 2. The first-order valence-corrected chi connectivity index (χ1v) is 11.3. The van der Waals surface area contributed by atoms with Crippen LogP contribution in [0.2, 0.25) is 0 Å². The van der Waals surface area contributed by atoms with Gasteiger partial charge in [0.25, 0.3) is 5.69 Å². The van der Waals surface area contributed by atoms with Crippen LogP contribution >= 0.6 is 11.3 Å². The molecule has 0 saturated carbocycles. The Balaban J connectivity index is 1.59. The number of hydrogen-bond donors (Lipinski definition) is 1. The van der Waals surface area contributed by atoms with E-state index in [9.17, 15) is 10.1 Å². The fraction of sp³-hybridized carbons (Fsp3) is 0.348. The molecule has 1 fully saturated rings. The number of likely N-dealkylation sites (tertiary alicyclic amines) is 1. The second-order valence-electron chi connectivity index (χ2n) is 7.62. The lowest BCUT2D eigenvalue weighted by Gasteiger charge is -2.13. The molecule has 168 valence electrons. The van der Waals surface area contributed by atoms with Crippen LogP contribution in [0, 0.1) is 10.1 Å². The molecule has 2 heterocycles. The van der Waals surface area contributed by atoms with Crippen LogP contribution in [0.3, 0.4) is 0 Å². The fourth-order valence-electron chi connectivity index (χ4n) is 3.84. The highest BCUT2D eigenvalue weighted by molar-refractivity contribution is 7.16. The van der Waals surface area contributed by atoms with Gasteiger partial charge in [0.15, 0.2) is 16.6 Å². The fourth-order valence-corrected chi connectivity index (χ4v) is 4.86. The molecule has 1 aliphatic heterocycles. The van der Waals surface area contributed by atoms with E-state index in [1.54, 1.807) is 37.7 Å². The second-order valence-corrected chi connectivity index (χ2v) is 8.71. The van der Waals surface area contributed by atoms with Crippen molar-refractivity contribution in [3.8, 4) is 22.8 Å². The zero-order valence-corrected chi connectivity index (χ0v) is 19.0. The van der Waals surface area contributed by atoms with Gasteiger partial charge in [-0.2, -0.15) is 0 Å². The Bertz CT molecular complexity index is 1100. The highest BCUT2D eigenvalue weighted by Crippen LogP contribution is 2.35. The van der Waals surface area contributed by atoms with Crippen molar-refractivity contribution in [3.63, 3.8) is 0 Å². The minimum Gasteiger partial charge on any atom is -0.493 e. The SMILES string of the molecule is COc1ccc(CNc2nc(-c3cccc([N+](=O)[O-])c3)c(CN3CCCC3)s2)cc1OC. The molecule has 2 aromatic carbocycles. The lowest BCUT2D eigenvalue weighted by Crippen LogP contribution is -2.18. The number of nitrogens with one attached hydrogen (secondary N) is 1. The smallest absolute Gasteiger partial charge is 0.270 e. The minimum atomic E-state index is -0.369. The van der Waals surface area contributed by atoms with Gasteiger partial charge in [0.05, 0.1) is 24.8 Å². The van der Waals surface area contributed by atoms with E-state index in [2.05, 4.69) is 10.2 Å². The van der Waals surface area contributed by atoms with E-state index in [-0.39, 0.29) is 10.6 Å². The van der Waals surface area contributed by atoms with Gasteiger partial charge in [0.1, 0.15) is 0 Å². The lowest BCUT2D eigenvalue weighted by molar-refractivity contribution is -0.384. The van der Waals surface area contributed by atoms with E-state index in [4.69, 9.17) is 14.5 Å². The first-order valence-electron chi connectivity index (χ1n) is 10.5. The van der Waals surface area contributed by atoms with Gasteiger partial charge in [-0.1, -0.05) is 18.2 Å². The third kappa shape index (κ3) is 5.00. The number of ether oxygens (including phenoxy) is 2. The Morgan fingerprint density at radius 1 is 1.12 bits per heavy atom. The molecule has 1 saturated heterocycles. The highest BCUT2D eigenvalue weighted by atomic mass is 32.1. The highest BCUT2D eigenvalue weighted by Gasteiger charge is 2.20. The molecule has 0 unspecified atom stereocenters. The van der Waals surface area contributed by atoms with Crippen LogP contribution in [-0.4, -0.2) is 42.1 Å². The molecule has 0 spiro atoms. The van der Waals surface area contributed by atoms with Gasteiger partial charge in [0, 0.05) is 35.7 Å². The summed E-state index contributed by atoms with van der Waals surface area (Å²) < 4.78 is 10.7. The third-order valence-electron chi connectivity index (χ3n) is 5.49. The van der Waals surface area contributed by atoms with Gasteiger partial charge in [0.2, 0.25) is 0 Å². The Kier molecular flexibility index (Phi) is 6.87. The summed E-state index contributed by atoms with van der Waals surface area (Å²) in [5.74, 6) is 1.37. The van der Waals surface area contributed by atoms with E-state index >= 15 is 0 Å². The van der Waals surface area contributed by atoms with Crippen LogP contribution in [0.5, 0.6) is 11.5 Å². The maximum Gasteiger partial charge on any atom is 0.270 e. The van der Waals surface area contributed by atoms with Crippen LogP contribution in [0.1, 0.15) is 23.3 Å². The Labute approximate surface area is 191 Å². The predicted molar refractivity (Wildman–Crippen MR) is 126 cm³/mol. The number of rotatable bonds is 9. The van der Waals surface area contributed by atoms with Gasteiger partial charge < -0.3 is 14.8 Å². The number of methoxy groups -OCH3 is 2. The van der Waals surface area contributed by atoms with Crippen molar-refractivity contribution in [2.24, 2.45) is 0 Å². The Morgan fingerprint density at radius 2 is 1.91 bits per heavy atom. The van der Waals surface area contributed by atoms with Crippen molar-refractivity contribution in [3.05, 3.63) is 63.0 Å². The summed E-state index contributed by atoms with van der Waals surface area (Å²) in [7, 11) is 3.23. The van der Waals surface area contributed by atoms with Gasteiger partial charge >= 0.3 is 0 Å². The number of aromatic nitrogens is 1. The van der Waals surface area contributed by atoms with E-state index in [0.29, 0.717) is 18.0 Å². The number of thiazole rings is 1. The number of nitro groups is 1. The van der Waals surface area contributed by atoms with Gasteiger partial charge in [-0.25, -0.2) is 4.98 Å². The summed E-state index contributed by atoms with van der Waals surface area (Å²) in [6.45, 7) is 3.51. The van der Waals surface area contributed by atoms with Crippen LogP contribution in [0.4, 0.5) is 10.8 Å². The zero-order chi connectivity index (χ0) is 22.5. The molecule has 1 aliphatic rings. The average Bonchev–Trinajstić information content (AvgIpc) is 3.47. The quantitative estimate of drug-likeness (QED) is 0.362. The van der Waals surface area contributed by atoms with Gasteiger partial charge in [-0.15, -0.1) is 11.3 Å². The molecule has 3 aromatic rings. The molecule has 0 bridgehead atoms. The van der Waals surface area contributed by atoms with E-state index in [1.165, 1.54) is 18.9 Å². The maximum absolute atomic E-state index is 11.3. The molecule has 0 amide bonds. The summed E-state index contributed by atoms with van der Waals surface area (Å²) in [5.41, 5.74) is 2.68. The molecule has 0 radical (unpaired) electrons. The average molecular weight is 455 g/mol. The minimum absolute atomic E-state index is 0.0717. The largest absolute Gasteiger partial charge is 0.493 e. The number of anilines is 1. The molecular formula is C23H26N4O4S. The van der Waals surface area contributed by atoms with Crippen molar-refractivity contribution in [1.29, 1.82) is 0 Å². The summed E-state index contributed by atoms with van der Waals surface area (Å²) in [6.07, 6.45) is 2.41. The van der Waals surface area contributed by atoms with Gasteiger partial charge in [-0.3, -0.25) is 15.0 Å². The van der Waals surface area contributed by atoms with E-state index < -0.39 is 0 Å². The summed E-state index contributed by atoms with van der Waals surface area (Å²) >= 11 is 1.60. The monoisotopic (exact) mass is 454 g/mol. The normalized spacial score (nSPS) is 13.8. The van der Waals surface area contributed by atoms with Crippen LogP contribution in [0.25, 0.3) is 11.3 Å². The number of non-ortho nitro benzene ring substituents is 1. The van der Waals surface area contributed by atoms with Crippen LogP contribution < -0.4 is 14.8 Å². The second kappa shape index (κ2) is 9.97. The van der Waals surface area contributed by atoms with Crippen molar-refractivity contribution >= 4 is 22.2 Å². The molecule has 4 rings (SSSR count). The molecule has 32 heavy (non-hydrogen) atoms. The number of nitrogens with zero attached hydrogens (tertiary/aromatic N) is 3.